The number of Topliss-reactive ketones (excluding diaryl/α,β-unsaturated/α-hetero) is 1. The first-order valence-corrected chi connectivity index (χ1v) is 5.87. The van der Waals surface area contributed by atoms with Crippen molar-refractivity contribution in [3.05, 3.63) is 30.1 Å². The molecule has 4 heteroatoms. The lowest BCUT2D eigenvalue weighted by atomic mass is 10.2. The molecule has 1 aromatic rings. The van der Waals surface area contributed by atoms with Gasteiger partial charge in [0, 0.05) is 16.6 Å². The van der Waals surface area contributed by atoms with Gasteiger partial charge in [-0.05, 0) is 25.1 Å². The molecule has 0 heterocycles. The van der Waals surface area contributed by atoms with Crippen molar-refractivity contribution in [2.24, 2.45) is 0 Å². The summed E-state index contributed by atoms with van der Waals surface area (Å²) in [6.07, 6.45) is 0.253. The smallest absolute Gasteiger partial charge is 0.131 e. The van der Waals surface area contributed by atoms with E-state index in [1.165, 1.54) is 25.1 Å². The zero-order valence-electron chi connectivity index (χ0n) is 8.70. The average Bonchev–Trinajstić information content (AvgIpc) is 2.15. The van der Waals surface area contributed by atoms with E-state index in [9.17, 15) is 13.4 Å². The van der Waals surface area contributed by atoms with Crippen LogP contribution in [0, 0.1) is 5.82 Å². The molecule has 0 bridgehead atoms. The van der Waals surface area contributed by atoms with Gasteiger partial charge in [0.25, 0.3) is 0 Å². The van der Waals surface area contributed by atoms with E-state index in [1.807, 2.05) is 0 Å². The highest BCUT2D eigenvalue weighted by molar-refractivity contribution is 7.85. The number of halogens is 1. The predicted octanol–water partition coefficient (Wildman–Crippen LogP) is 2.30. The van der Waals surface area contributed by atoms with Crippen molar-refractivity contribution < 1.29 is 13.4 Å². The van der Waals surface area contributed by atoms with E-state index < -0.39 is 16.6 Å². The third kappa shape index (κ3) is 3.55. The summed E-state index contributed by atoms with van der Waals surface area (Å²) in [6, 6.07) is 5.67. The zero-order valence-corrected chi connectivity index (χ0v) is 9.51. The van der Waals surface area contributed by atoms with Crippen LogP contribution in [0.25, 0.3) is 0 Å². The quantitative estimate of drug-likeness (QED) is 0.792. The highest BCUT2D eigenvalue weighted by atomic mass is 32.2. The molecular formula is C11H13FO2S. The van der Waals surface area contributed by atoms with Crippen LogP contribution in [-0.4, -0.2) is 15.2 Å². The molecular weight excluding hydrogens is 215 g/mol. The van der Waals surface area contributed by atoms with Gasteiger partial charge in [0.05, 0.1) is 10.8 Å². The van der Waals surface area contributed by atoms with Crippen molar-refractivity contribution in [1.82, 2.24) is 0 Å². The summed E-state index contributed by atoms with van der Waals surface area (Å²) in [4.78, 5) is 11.3. The SMILES string of the molecule is CC(=O)CC(C)S(=O)c1cccc(F)c1. The molecule has 0 spiro atoms. The topological polar surface area (TPSA) is 34.1 Å². The van der Waals surface area contributed by atoms with Gasteiger partial charge in [0.15, 0.2) is 0 Å². The number of ketones is 1. The Morgan fingerprint density at radius 2 is 2.20 bits per heavy atom. The van der Waals surface area contributed by atoms with E-state index in [0.29, 0.717) is 4.90 Å². The van der Waals surface area contributed by atoms with Crippen molar-refractivity contribution in [2.45, 2.75) is 30.4 Å². The van der Waals surface area contributed by atoms with E-state index in [4.69, 9.17) is 0 Å². The molecule has 2 atom stereocenters. The summed E-state index contributed by atoms with van der Waals surface area (Å²) in [7, 11) is -1.32. The summed E-state index contributed by atoms with van der Waals surface area (Å²) in [5.74, 6) is -0.414. The lowest BCUT2D eigenvalue weighted by Crippen LogP contribution is -2.14. The Balaban J connectivity index is 2.80. The first kappa shape index (κ1) is 12.0. The average molecular weight is 228 g/mol. The summed E-state index contributed by atoms with van der Waals surface area (Å²) in [5, 5.41) is -0.274. The molecule has 1 rings (SSSR count). The highest BCUT2D eigenvalue weighted by Gasteiger charge is 2.15. The van der Waals surface area contributed by atoms with E-state index >= 15 is 0 Å². The molecule has 0 saturated carbocycles. The summed E-state index contributed by atoms with van der Waals surface area (Å²) in [6.45, 7) is 3.18. The minimum atomic E-state index is -1.32. The van der Waals surface area contributed by atoms with Crippen LogP contribution in [0.3, 0.4) is 0 Å². The predicted molar refractivity (Wildman–Crippen MR) is 57.6 cm³/mol. The molecule has 0 radical (unpaired) electrons. The van der Waals surface area contributed by atoms with E-state index in [1.54, 1.807) is 13.0 Å². The fraction of sp³-hybridized carbons (Fsp3) is 0.364. The Morgan fingerprint density at radius 1 is 1.53 bits per heavy atom. The van der Waals surface area contributed by atoms with Gasteiger partial charge in [-0.25, -0.2) is 4.39 Å². The van der Waals surface area contributed by atoms with Gasteiger partial charge in [0.2, 0.25) is 0 Å². The molecule has 1 aromatic carbocycles. The number of hydrogen-bond acceptors (Lipinski definition) is 2. The lowest BCUT2D eigenvalue weighted by Gasteiger charge is -2.09. The molecule has 2 unspecified atom stereocenters. The zero-order chi connectivity index (χ0) is 11.4. The fourth-order valence-electron chi connectivity index (χ4n) is 1.30. The second-order valence-corrected chi connectivity index (χ2v) is 5.34. The molecule has 0 fully saturated rings. The van der Waals surface area contributed by atoms with Crippen molar-refractivity contribution >= 4 is 16.6 Å². The standard InChI is InChI=1S/C11H13FO2S/c1-8(13)6-9(2)15(14)11-5-3-4-10(12)7-11/h3-5,7,9H,6H2,1-2H3. The van der Waals surface area contributed by atoms with Crippen molar-refractivity contribution in [3.8, 4) is 0 Å². The first-order chi connectivity index (χ1) is 7.00. The van der Waals surface area contributed by atoms with E-state index in [0.717, 1.165) is 0 Å². The Morgan fingerprint density at radius 3 is 2.73 bits per heavy atom. The summed E-state index contributed by atoms with van der Waals surface area (Å²) >= 11 is 0. The number of benzene rings is 1. The van der Waals surface area contributed by atoms with Crippen LogP contribution >= 0.6 is 0 Å². The normalized spacial score (nSPS) is 14.6. The molecule has 0 aliphatic carbocycles. The number of rotatable bonds is 4. The van der Waals surface area contributed by atoms with Crippen molar-refractivity contribution in [1.29, 1.82) is 0 Å². The first-order valence-electron chi connectivity index (χ1n) is 4.66. The van der Waals surface area contributed by atoms with Gasteiger partial charge in [-0.15, -0.1) is 0 Å². The minimum absolute atomic E-state index is 0.00717. The Bertz CT molecular complexity index is 390. The largest absolute Gasteiger partial charge is 0.300 e. The molecule has 0 saturated heterocycles. The maximum atomic E-state index is 12.9. The van der Waals surface area contributed by atoms with Crippen LogP contribution in [-0.2, 0) is 15.6 Å². The monoisotopic (exact) mass is 228 g/mol. The second kappa shape index (κ2) is 5.16. The molecule has 0 aliphatic heterocycles. The van der Waals surface area contributed by atoms with Crippen molar-refractivity contribution in [3.63, 3.8) is 0 Å². The van der Waals surface area contributed by atoms with Crippen LogP contribution in [0.4, 0.5) is 4.39 Å². The third-order valence-electron chi connectivity index (χ3n) is 1.97. The van der Waals surface area contributed by atoms with Gasteiger partial charge in [0.1, 0.15) is 11.6 Å². The molecule has 0 aliphatic rings. The third-order valence-corrected chi connectivity index (χ3v) is 3.58. The molecule has 0 N–H and O–H groups in total. The molecule has 15 heavy (non-hydrogen) atoms. The lowest BCUT2D eigenvalue weighted by molar-refractivity contribution is -0.116. The van der Waals surface area contributed by atoms with E-state index in [-0.39, 0.29) is 17.5 Å². The molecule has 82 valence electrons. The van der Waals surface area contributed by atoms with Crippen LogP contribution in [0.15, 0.2) is 29.2 Å². The second-order valence-electron chi connectivity index (χ2n) is 3.47. The van der Waals surface area contributed by atoms with Gasteiger partial charge in [-0.3, -0.25) is 9.00 Å². The molecule has 0 amide bonds. The summed E-state index contributed by atoms with van der Waals surface area (Å²) < 4.78 is 24.7. The van der Waals surface area contributed by atoms with Crippen LogP contribution in [0.1, 0.15) is 20.3 Å². The van der Waals surface area contributed by atoms with Crippen molar-refractivity contribution in [2.75, 3.05) is 0 Å². The van der Waals surface area contributed by atoms with Crippen LogP contribution in [0.5, 0.6) is 0 Å². The number of carbonyl (C=O) groups excluding carboxylic acids is 1. The maximum Gasteiger partial charge on any atom is 0.131 e. The number of carbonyl (C=O) groups is 1. The van der Waals surface area contributed by atoms with Crippen LogP contribution < -0.4 is 0 Å². The fourth-order valence-corrected chi connectivity index (χ4v) is 2.60. The van der Waals surface area contributed by atoms with Gasteiger partial charge < -0.3 is 0 Å². The molecule has 2 nitrogen and oxygen atoms in total. The summed E-state index contributed by atoms with van der Waals surface area (Å²) in [5.41, 5.74) is 0. The Labute approximate surface area is 91.0 Å². The van der Waals surface area contributed by atoms with Gasteiger partial charge in [-0.2, -0.15) is 0 Å². The van der Waals surface area contributed by atoms with Gasteiger partial charge >= 0.3 is 0 Å². The number of hydrogen-bond donors (Lipinski definition) is 0. The minimum Gasteiger partial charge on any atom is -0.300 e. The van der Waals surface area contributed by atoms with E-state index in [2.05, 4.69) is 0 Å². The molecule has 0 aromatic heterocycles. The van der Waals surface area contributed by atoms with Gasteiger partial charge in [-0.1, -0.05) is 13.0 Å². The maximum absolute atomic E-state index is 12.9. The Kier molecular flexibility index (Phi) is 4.15. The van der Waals surface area contributed by atoms with Crippen LogP contribution in [0.2, 0.25) is 0 Å². The Hall–Kier alpha value is -1.03. The highest BCUT2D eigenvalue weighted by Crippen LogP contribution is 2.14.